The van der Waals surface area contributed by atoms with E-state index < -0.39 is 10.0 Å². The first-order valence-corrected chi connectivity index (χ1v) is 7.81. The van der Waals surface area contributed by atoms with Gasteiger partial charge in [-0.3, -0.25) is 0 Å². The normalized spacial score (nSPS) is 11.4. The lowest BCUT2D eigenvalue weighted by molar-refractivity contribution is 0.415. The molecule has 0 aliphatic rings. The van der Waals surface area contributed by atoms with Crippen LogP contribution in [-0.4, -0.2) is 34.1 Å². The van der Waals surface area contributed by atoms with Gasteiger partial charge in [-0.25, -0.2) is 13.1 Å². The Morgan fingerprint density at radius 3 is 2.76 bits per heavy atom. The second-order valence-corrected chi connectivity index (χ2v) is 6.05. The fourth-order valence-electron chi connectivity index (χ4n) is 1.22. The molecule has 0 heterocycles. The van der Waals surface area contributed by atoms with Crippen LogP contribution < -0.4 is 15.2 Å². The van der Waals surface area contributed by atoms with Crippen LogP contribution in [0, 0.1) is 0 Å². The highest BCUT2D eigenvalue weighted by Crippen LogP contribution is 2.24. The van der Waals surface area contributed by atoms with E-state index >= 15 is 0 Å². The van der Waals surface area contributed by atoms with Crippen molar-refractivity contribution in [3.05, 3.63) is 18.2 Å². The Morgan fingerprint density at radius 2 is 2.18 bits per heavy atom. The summed E-state index contributed by atoms with van der Waals surface area (Å²) in [5.41, 5.74) is 6.03. The second kappa shape index (κ2) is 6.13. The van der Waals surface area contributed by atoms with E-state index in [-0.39, 0.29) is 4.90 Å². The molecule has 0 radical (unpaired) electrons. The fraction of sp³-hybridized carbons (Fsp3) is 0.400. The van der Waals surface area contributed by atoms with E-state index in [1.807, 2.05) is 6.26 Å². The Hall–Kier alpha value is -0.920. The first-order chi connectivity index (χ1) is 8.01. The summed E-state index contributed by atoms with van der Waals surface area (Å²) in [4.78, 5) is 0.157. The summed E-state index contributed by atoms with van der Waals surface area (Å²) in [5.74, 6) is 1.09. The van der Waals surface area contributed by atoms with Crippen molar-refractivity contribution in [2.75, 3.05) is 31.4 Å². The average molecular weight is 276 g/mol. The molecule has 1 aromatic carbocycles. The van der Waals surface area contributed by atoms with Gasteiger partial charge in [-0.2, -0.15) is 11.8 Å². The number of ether oxygens (including phenoxy) is 1. The minimum Gasteiger partial charge on any atom is -0.495 e. The molecular weight excluding hydrogens is 260 g/mol. The van der Waals surface area contributed by atoms with Crippen LogP contribution in [0.15, 0.2) is 23.1 Å². The second-order valence-electron chi connectivity index (χ2n) is 3.29. The predicted molar refractivity (Wildman–Crippen MR) is 71.0 cm³/mol. The molecule has 0 bridgehead atoms. The third-order valence-corrected chi connectivity index (χ3v) is 4.18. The van der Waals surface area contributed by atoms with E-state index in [0.29, 0.717) is 18.0 Å². The molecule has 0 aliphatic heterocycles. The molecule has 0 aliphatic carbocycles. The Morgan fingerprint density at radius 1 is 1.47 bits per heavy atom. The van der Waals surface area contributed by atoms with Crippen molar-refractivity contribution in [2.45, 2.75) is 4.90 Å². The fourth-order valence-corrected chi connectivity index (χ4v) is 2.70. The van der Waals surface area contributed by atoms with Crippen LogP contribution in [0.1, 0.15) is 0 Å². The summed E-state index contributed by atoms with van der Waals surface area (Å²) in [5, 5.41) is 0. The molecule has 17 heavy (non-hydrogen) atoms. The molecule has 0 unspecified atom stereocenters. The van der Waals surface area contributed by atoms with Crippen LogP contribution in [0.3, 0.4) is 0 Å². The van der Waals surface area contributed by atoms with E-state index in [1.54, 1.807) is 11.8 Å². The van der Waals surface area contributed by atoms with E-state index in [2.05, 4.69) is 4.72 Å². The number of nitrogens with one attached hydrogen (secondary N) is 1. The van der Waals surface area contributed by atoms with Crippen LogP contribution in [0.25, 0.3) is 0 Å². The topological polar surface area (TPSA) is 81.4 Å². The molecule has 0 atom stereocenters. The number of methoxy groups -OCH3 is 1. The molecule has 0 spiro atoms. The third kappa shape index (κ3) is 3.79. The Kier molecular flexibility index (Phi) is 5.10. The van der Waals surface area contributed by atoms with Gasteiger partial charge in [0, 0.05) is 18.4 Å². The van der Waals surface area contributed by atoms with E-state index in [4.69, 9.17) is 10.5 Å². The molecule has 5 nitrogen and oxygen atoms in total. The maximum absolute atomic E-state index is 11.9. The molecule has 1 aromatic rings. The molecule has 0 saturated heterocycles. The van der Waals surface area contributed by atoms with Crippen molar-refractivity contribution in [3.8, 4) is 5.75 Å². The van der Waals surface area contributed by atoms with Crippen LogP contribution >= 0.6 is 11.8 Å². The van der Waals surface area contributed by atoms with E-state index in [0.717, 1.165) is 5.75 Å². The Labute approximate surface area is 106 Å². The molecule has 3 N–H and O–H groups in total. The van der Waals surface area contributed by atoms with Crippen LogP contribution in [0.2, 0.25) is 0 Å². The zero-order valence-corrected chi connectivity index (χ0v) is 11.4. The van der Waals surface area contributed by atoms with Gasteiger partial charge < -0.3 is 10.5 Å². The number of nitrogens with two attached hydrogens (primary N) is 1. The molecule has 0 aromatic heterocycles. The maximum atomic E-state index is 11.9. The van der Waals surface area contributed by atoms with Gasteiger partial charge in [-0.05, 0) is 18.4 Å². The lowest BCUT2D eigenvalue weighted by atomic mass is 10.3. The average Bonchev–Trinajstić information content (AvgIpc) is 2.29. The van der Waals surface area contributed by atoms with Gasteiger partial charge in [0.15, 0.2) is 0 Å². The SMILES string of the molecule is COc1cc(S(=O)(=O)NCCSC)ccc1N. The Balaban J connectivity index is 2.91. The molecule has 0 amide bonds. The smallest absolute Gasteiger partial charge is 0.240 e. The van der Waals surface area contributed by atoms with Crippen molar-refractivity contribution in [2.24, 2.45) is 0 Å². The maximum Gasteiger partial charge on any atom is 0.240 e. The number of benzene rings is 1. The number of anilines is 1. The van der Waals surface area contributed by atoms with Crippen molar-refractivity contribution in [1.29, 1.82) is 0 Å². The van der Waals surface area contributed by atoms with Crippen molar-refractivity contribution in [1.82, 2.24) is 4.72 Å². The highest BCUT2D eigenvalue weighted by molar-refractivity contribution is 7.98. The van der Waals surface area contributed by atoms with Crippen molar-refractivity contribution >= 4 is 27.5 Å². The van der Waals surface area contributed by atoms with Crippen LogP contribution in [0.5, 0.6) is 5.75 Å². The largest absolute Gasteiger partial charge is 0.495 e. The van der Waals surface area contributed by atoms with Gasteiger partial charge >= 0.3 is 0 Å². The zero-order chi connectivity index (χ0) is 12.9. The Bertz CT molecular complexity index is 474. The highest BCUT2D eigenvalue weighted by atomic mass is 32.2. The standard InChI is InChI=1S/C10H16N2O3S2/c1-15-10-7-8(3-4-9(10)11)17(13,14)12-5-6-16-2/h3-4,7,12H,5-6,11H2,1-2H3. The number of nitrogen functional groups attached to an aromatic ring is 1. The van der Waals surface area contributed by atoms with Gasteiger partial charge in [0.25, 0.3) is 0 Å². The first kappa shape index (κ1) is 14.1. The zero-order valence-electron chi connectivity index (χ0n) is 9.76. The van der Waals surface area contributed by atoms with E-state index in [9.17, 15) is 8.42 Å². The quantitative estimate of drug-likeness (QED) is 0.596. The van der Waals surface area contributed by atoms with Crippen molar-refractivity contribution < 1.29 is 13.2 Å². The lowest BCUT2D eigenvalue weighted by Gasteiger charge is -2.09. The minimum absolute atomic E-state index is 0.157. The van der Waals surface area contributed by atoms with Gasteiger partial charge in [0.1, 0.15) is 5.75 Å². The minimum atomic E-state index is -3.48. The summed E-state index contributed by atoms with van der Waals surface area (Å²) in [7, 11) is -2.03. The monoisotopic (exact) mass is 276 g/mol. The molecule has 7 heteroatoms. The van der Waals surface area contributed by atoms with Crippen LogP contribution in [0.4, 0.5) is 5.69 Å². The number of sulfonamides is 1. The van der Waals surface area contributed by atoms with Gasteiger partial charge in [0.05, 0.1) is 17.7 Å². The number of hydrogen-bond acceptors (Lipinski definition) is 5. The summed E-state index contributed by atoms with van der Waals surface area (Å²) >= 11 is 1.58. The molecule has 0 saturated carbocycles. The predicted octanol–water partition coefficient (Wildman–Crippen LogP) is 0.919. The number of hydrogen-bond donors (Lipinski definition) is 2. The number of thioether (sulfide) groups is 1. The van der Waals surface area contributed by atoms with Crippen molar-refractivity contribution in [3.63, 3.8) is 0 Å². The van der Waals surface area contributed by atoms with Gasteiger partial charge in [0.2, 0.25) is 10.0 Å². The van der Waals surface area contributed by atoms with Gasteiger partial charge in [-0.15, -0.1) is 0 Å². The lowest BCUT2D eigenvalue weighted by Crippen LogP contribution is -2.26. The highest BCUT2D eigenvalue weighted by Gasteiger charge is 2.15. The summed E-state index contributed by atoms with van der Waals surface area (Å²) < 4.78 is 31.2. The summed E-state index contributed by atoms with van der Waals surface area (Å²) in [6, 6.07) is 4.39. The molecule has 96 valence electrons. The van der Waals surface area contributed by atoms with Crippen LogP contribution in [-0.2, 0) is 10.0 Å². The first-order valence-electron chi connectivity index (χ1n) is 4.93. The molecular formula is C10H16N2O3S2. The van der Waals surface area contributed by atoms with E-state index in [1.165, 1.54) is 25.3 Å². The summed E-state index contributed by atoms with van der Waals surface area (Å²) in [6.07, 6.45) is 1.92. The third-order valence-electron chi connectivity index (χ3n) is 2.11. The molecule has 0 fully saturated rings. The molecule has 1 rings (SSSR count). The summed E-state index contributed by atoms with van der Waals surface area (Å²) in [6.45, 7) is 0.399. The van der Waals surface area contributed by atoms with Gasteiger partial charge in [-0.1, -0.05) is 0 Å². The number of rotatable bonds is 6.